The molecule has 10 nitrogen and oxygen atoms in total. The Balaban J connectivity index is 1.65. The molecule has 4 rings (SSSR count). The summed E-state index contributed by atoms with van der Waals surface area (Å²) in [7, 11) is 0. The van der Waals surface area contributed by atoms with E-state index in [1.54, 1.807) is 13.8 Å². The Morgan fingerprint density at radius 1 is 1.26 bits per heavy atom. The van der Waals surface area contributed by atoms with Crippen molar-refractivity contribution in [2.24, 2.45) is 0 Å². The first kappa shape index (κ1) is 24.0. The Bertz CT molecular complexity index is 1140. The van der Waals surface area contributed by atoms with Crippen molar-refractivity contribution in [2.45, 2.75) is 26.3 Å². The third-order valence-electron chi connectivity index (χ3n) is 6.19. The Hall–Kier alpha value is -3.15. The average molecular weight is 487 g/mol. The number of benzene rings is 1. The van der Waals surface area contributed by atoms with Crippen LogP contribution in [0.3, 0.4) is 0 Å². The first-order chi connectivity index (χ1) is 16.3. The van der Waals surface area contributed by atoms with E-state index in [1.807, 2.05) is 0 Å². The van der Waals surface area contributed by atoms with Crippen LogP contribution < -0.4 is 10.0 Å². The van der Waals surface area contributed by atoms with Crippen LogP contribution in [-0.4, -0.2) is 65.9 Å². The maximum Gasteiger partial charge on any atom is 0.269 e. The van der Waals surface area contributed by atoms with Crippen molar-refractivity contribution in [3.05, 3.63) is 66.9 Å². The van der Waals surface area contributed by atoms with Gasteiger partial charge >= 0.3 is 0 Å². The van der Waals surface area contributed by atoms with Crippen LogP contribution in [0.15, 0.2) is 35.6 Å². The number of carbonyl (C=O) groups excluding carboxylic acids is 2. The summed E-state index contributed by atoms with van der Waals surface area (Å²) in [5, 5.41) is 24.9. The molecule has 0 spiro atoms. The number of hydrogen-bond acceptors (Lipinski definition) is 8. The molecule has 1 fully saturated rings. The number of hydrogen-bond donors (Lipinski definition) is 1. The van der Waals surface area contributed by atoms with Crippen LogP contribution in [0.1, 0.15) is 38.4 Å². The molecule has 1 saturated heterocycles. The van der Waals surface area contributed by atoms with Gasteiger partial charge in [0.25, 0.3) is 5.69 Å². The number of morpholine rings is 1. The lowest BCUT2D eigenvalue weighted by atomic mass is 9.95. The van der Waals surface area contributed by atoms with Crippen molar-refractivity contribution in [1.82, 2.24) is 9.88 Å². The van der Waals surface area contributed by atoms with Gasteiger partial charge in [0.1, 0.15) is 13.1 Å². The molecular weight excluding hydrogens is 460 g/mol. The molecule has 11 heteroatoms. The first-order valence-corrected chi connectivity index (χ1v) is 12.0. The minimum absolute atomic E-state index is 0.108. The van der Waals surface area contributed by atoms with Crippen molar-refractivity contribution in [3.8, 4) is 0 Å². The number of amides is 1. The first-order valence-electron chi connectivity index (χ1n) is 11.1. The zero-order valence-corrected chi connectivity index (χ0v) is 19.9. The van der Waals surface area contributed by atoms with Crippen LogP contribution in [0.5, 0.6) is 0 Å². The van der Waals surface area contributed by atoms with Crippen LogP contribution in [0.25, 0.3) is 0 Å². The summed E-state index contributed by atoms with van der Waals surface area (Å²) in [5.41, 5.74) is 0.774. The molecule has 180 valence electrons. The second kappa shape index (κ2) is 10.00. The highest BCUT2D eigenvalue weighted by Crippen LogP contribution is 2.39. The second-order valence-corrected chi connectivity index (χ2v) is 9.64. The van der Waals surface area contributed by atoms with E-state index in [0.29, 0.717) is 47.3 Å². The van der Waals surface area contributed by atoms with Crippen LogP contribution in [0.4, 0.5) is 5.69 Å². The van der Waals surface area contributed by atoms with Gasteiger partial charge in [0.15, 0.2) is 0 Å². The predicted molar refractivity (Wildman–Crippen MR) is 121 cm³/mol. The minimum atomic E-state index is -0.894. The highest BCUT2D eigenvalue weighted by Gasteiger charge is 2.40. The molecule has 1 aromatic carbocycles. The van der Waals surface area contributed by atoms with Gasteiger partial charge in [-0.25, -0.2) is 4.98 Å². The summed E-state index contributed by atoms with van der Waals surface area (Å²) in [4.78, 5) is 44.5. The zero-order valence-electron chi connectivity index (χ0n) is 19.0. The van der Waals surface area contributed by atoms with Crippen LogP contribution in [0.2, 0.25) is 0 Å². The van der Waals surface area contributed by atoms with E-state index in [1.165, 1.54) is 45.4 Å². The van der Waals surface area contributed by atoms with Gasteiger partial charge in [-0.1, -0.05) is 0 Å². The van der Waals surface area contributed by atoms with Crippen molar-refractivity contribution < 1.29 is 29.3 Å². The van der Waals surface area contributed by atoms with Crippen molar-refractivity contribution >= 4 is 28.7 Å². The van der Waals surface area contributed by atoms with E-state index in [4.69, 9.17) is 4.74 Å². The Morgan fingerprint density at radius 2 is 1.94 bits per heavy atom. The number of quaternary nitrogens is 1. The molecule has 2 aliphatic rings. The molecule has 0 aliphatic carbocycles. The largest absolute Gasteiger partial charge is 0.868 e. The fraction of sp³-hybridized carbons (Fsp3) is 0.435. The topological polar surface area (TPSA) is 130 Å². The number of ketones is 1. The van der Waals surface area contributed by atoms with E-state index in [9.17, 15) is 24.8 Å². The number of aromatic nitrogens is 1. The summed E-state index contributed by atoms with van der Waals surface area (Å²) < 4.78 is 5.38. The average Bonchev–Trinajstić information content (AvgIpc) is 3.29. The summed E-state index contributed by atoms with van der Waals surface area (Å²) in [5.74, 6) is -2.05. The number of Topliss-reactive ketones (excluding diaryl/α,β-unsaturated/α-hetero) is 1. The Labute approximate surface area is 200 Å². The second-order valence-electron chi connectivity index (χ2n) is 8.43. The highest BCUT2D eigenvalue weighted by atomic mass is 32.1. The number of non-ortho nitro benzene ring substituents is 1. The van der Waals surface area contributed by atoms with E-state index in [-0.39, 0.29) is 11.3 Å². The summed E-state index contributed by atoms with van der Waals surface area (Å²) >= 11 is 1.19. The summed E-state index contributed by atoms with van der Waals surface area (Å²) in [6.07, 6.45) is 0.651. The molecule has 1 N–H and O–H groups in total. The molecule has 0 radical (unpaired) electrons. The molecule has 2 aromatic rings. The fourth-order valence-corrected chi connectivity index (χ4v) is 5.37. The molecule has 1 aromatic heterocycles. The van der Waals surface area contributed by atoms with E-state index >= 15 is 0 Å². The fourth-order valence-electron chi connectivity index (χ4n) is 4.50. The smallest absolute Gasteiger partial charge is 0.269 e. The van der Waals surface area contributed by atoms with Gasteiger partial charge in [-0.15, -0.1) is 11.3 Å². The molecule has 0 saturated carbocycles. The molecular formula is C23H26N4O6S. The SMILES string of the molecule is Cc1nc(C)c(C(=O)C2=C([O-])C(=O)N(CCC[NH+]3CCOCC3)C2c2ccc([N+](=O)[O-])cc2)s1. The van der Waals surface area contributed by atoms with E-state index < -0.39 is 28.4 Å². The van der Waals surface area contributed by atoms with Gasteiger partial charge in [0.05, 0.1) is 46.3 Å². The van der Waals surface area contributed by atoms with Crippen molar-refractivity contribution in [3.63, 3.8) is 0 Å². The lowest BCUT2D eigenvalue weighted by Crippen LogP contribution is -3.14. The van der Waals surface area contributed by atoms with Gasteiger partial charge in [-0.05, 0) is 37.3 Å². The predicted octanol–water partition coefficient (Wildman–Crippen LogP) is 0.354. The van der Waals surface area contributed by atoms with Gasteiger partial charge in [-0.3, -0.25) is 19.7 Å². The summed E-state index contributed by atoms with van der Waals surface area (Å²) in [6, 6.07) is 4.76. The van der Waals surface area contributed by atoms with Gasteiger partial charge in [0, 0.05) is 30.7 Å². The molecule has 1 unspecified atom stereocenters. The maximum absolute atomic E-state index is 13.5. The monoisotopic (exact) mass is 486 g/mol. The third-order valence-corrected chi connectivity index (χ3v) is 7.26. The van der Waals surface area contributed by atoms with Crippen LogP contribution in [0, 0.1) is 24.0 Å². The van der Waals surface area contributed by atoms with E-state index in [2.05, 4.69) is 4.98 Å². The van der Waals surface area contributed by atoms with E-state index in [0.717, 1.165) is 19.6 Å². The number of nitrogens with zero attached hydrogens (tertiary/aromatic N) is 3. The number of nitro groups is 1. The number of rotatable bonds is 8. The normalized spacial score (nSPS) is 19.2. The number of nitro benzene ring substituents is 1. The number of nitrogens with one attached hydrogen (secondary N) is 1. The van der Waals surface area contributed by atoms with Gasteiger partial charge in [-0.2, -0.15) is 0 Å². The Kier molecular flexibility index (Phi) is 7.05. The maximum atomic E-state index is 13.5. The van der Waals surface area contributed by atoms with Gasteiger partial charge < -0.3 is 19.6 Å². The lowest BCUT2D eigenvalue weighted by Gasteiger charge is -2.29. The highest BCUT2D eigenvalue weighted by molar-refractivity contribution is 7.14. The minimum Gasteiger partial charge on any atom is -0.868 e. The standard InChI is InChI=1S/C23H26N4O6S/c1-14-22(34-15(2)24-14)20(28)18-19(16-4-6-17(7-5-16)27(31)32)26(23(30)21(18)29)9-3-8-25-10-12-33-13-11-25/h4-7,19,29H,3,8-13H2,1-2H3. The number of aryl methyl sites for hydroxylation is 2. The van der Waals surface area contributed by atoms with Crippen LogP contribution in [-0.2, 0) is 9.53 Å². The molecule has 3 heterocycles. The zero-order chi connectivity index (χ0) is 24.4. The molecule has 1 atom stereocenters. The summed E-state index contributed by atoms with van der Waals surface area (Å²) in [6.45, 7) is 7.75. The van der Waals surface area contributed by atoms with Crippen molar-refractivity contribution in [1.29, 1.82) is 0 Å². The Morgan fingerprint density at radius 3 is 2.53 bits per heavy atom. The van der Waals surface area contributed by atoms with Gasteiger partial charge in [0.2, 0.25) is 11.7 Å². The number of thiazole rings is 1. The number of carbonyl (C=O) groups is 2. The van der Waals surface area contributed by atoms with Crippen molar-refractivity contribution in [2.75, 3.05) is 39.4 Å². The lowest BCUT2D eigenvalue weighted by molar-refractivity contribution is -0.908. The molecule has 0 bridgehead atoms. The third kappa shape index (κ3) is 4.72. The molecule has 2 aliphatic heterocycles. The quantitative estimate of drug-likeness (QED) is 0.324. The molecule has 34 heavy (non-hydrogen) atoms. The molecule has 1 amide bonds. The van der Waals surface area contributed by atoms with Crippen LogP contribution >= 0.6 is 11.3 Å². The number of ether oxygens (including phenoxy) is 1.